The molecule has 0 radical (unpaired) electrons. The Morgan fingerprint density at radius 3 is 2.70 bits per heavy atom. The molecule has 0 aliphatic carbocycles. The molecule has 106 valence electrons. The van der Waals surface area contributed by atoms with Crippen molar-refractivity contribution in [3.63, 3.8) is 0 Å². The smallest absolute Gasteiger partial charge is 0.337 e. The molecule has 2 rings (SSSR count). The summed E-state index contributed by atoms with van der Waals surface area (Å²) in [5.41, 5.74) is 7.20. The van der Waals surface area contributed by atoms with Crippen LogP contribution in [0.25, 0.3) is 0 Å². The first-order valence-electron chi connectivity index (χ1n) is 6.07. The second-order valence-corrected chi connectivity index (χ2v) is 5.75. The number of thiazole rings is 1. The fourth-order valence-electron chi connectivity index (χ4n) is 1.94. The van der Waals surface area contributed by atoms with E-state index in [4.69, 9.17) is 10.8 Å². The molecule has 0 bridgehead atoms. The third-order valence-electron chi connectivity index (χ3n) is 2.85. The Labute approximate surface area is 120 Å². The number of aromatic nitrogens is 2. The minimum absolute atomic E-state index is 0.00618. The fraction of sp³-hybridized carbons (Fsp3) is 0.308. The Kier molecular flexibility index (Phi) is 3.89. The van der Waals surface area contributed by atoms with E-state index in [1.54, 1.807) is 11.3 Å². The van der Waals surface area contributed by atoms with Gasteiger partial charge in [-0.15, -0.1) is 11.3 Å². The molecule has 1 unspecified atom stereocenters. The van der Waals surface area contributed by atoms with Gasteiger partial charge in [0.25, 0.3) is 0 Å². The number of aryl methyl sites for hydroxylation is 2. The minimum Gasteiger partial charge on any atom is -0.478 e. The summed E-state index contributed by atoms with van der Waals surface area (Å²) < 4.78 is 0. The fourth-order valence-corrected chi connectivity index (χ4v) is 2.87. The Hall–Kier alpha value is -2.15. The van der Waals surface area contributed by atoms with Gasteiger partial charge in [-0.3, -0.25) is 0 Å². The molecule has 6 nitrogen and oxygen atoms in total. The summed E-state index contributed by atoms with van der Waals surface area (Å²) >= 11 is 1.62. The van der Waals surface area contributed by atoms with Crippen molar-refractivity contribution in [1.82, 2.24) is 9.97 Å². The maximum absolute atomic E-state index is 10.8. The molecule has 2 aromatic rings. The SMILES string of the molecule is Cc1nc(C)c(C(C)Nc2ncc(C(=O)O)cc2N)s1. The summed E-state index contributed by atoms with van der Waals surface area (Å²) in [4.78, 5) is 20.4. The maximum atomic E-state index is 10.8. The van der Waals surface area contributed by atoms with E-state index in [9.17, 15) is 4.79 Å². The molecule has 0 aliphatic heterocycles. The molecule has 0 spiro atoms. The van der Waals surface area contributed by atoms with Crippen LogP contribution in [-0.2, 0) is 0 Å². The highest BCUT2D eigenvalue weighted by molar-refractivity contribution is 7.11. The predicted octanol–water partition coefficient (Wildman–Crippen LogP) is 2.61. The molecule has 7 heteroatoms. The second kappa shape index (κ2) is 5.46. The van der Waals surface area contributed by atoms with E-state index in [0.29, 0.717) is 11.5 Å². The summed E-state index contributed by atoms with van der Waals surface area (Å²) in [6.45, 7) is 5.91. The van der Waals surface area contributed by atoms with Crippen molar-refractivity contribution < 1.29 is 9.90 Å². The Morgan fingerprint density at radius 1 is 1.50 bits per heavy atom. The van der Waals surface area contributed by atoms with Gasteiger partial charge < -0.3 is 16.2 Å². The average molecular weight is 292 g/mol. The second-order valence-electron chi connectivity index (χ2n) is 4.52. The summed E-state index contributed by atoms with van der Waals surface area (Å²) in [6, 6.07) is 1.40. The normalized spacial score (nSPS) is 12.2. The number of carbonyl (C=O) groups is 1. The summed E-state index contributed by atoms with van der Waals surface area (Å²) in [5.74, 6) is -0.564. The topological polar surface area (TPSA) is 101 Å². The number of hydrogen-bond donors (Lipinski definition) is 3. The molecule has 0 aromatic carbocycles. The Bertz CT molecular complexity index is 654. The quantitative estimate of drug-likeness (QED) is 0.800. The van der Waals surface area contributed by atoms with Crippen LogP contribution in [0.1, 0.15) is 38.9 Å². The van der Waals surface area contributed by atoms with Crippen LogP contribution in [0, 0.1) is 13.8 Å². The zero-order valence-electron chi connectivity index (χ0n) is 11.5. The van der Waals surface area contributed by atoms with E-state index >= 15 is 0 Å². The van der Waals surface area contributed by atoms with Crippen LogP contribution in [0.3, 0.4) is 0 Å². The van der Waals surface area contributed by atoms with Gasteiger partial charge in [0.2, 0.25) is 0 Å². The monoisotopic (exact) mass is 292 g/mol. The van der Waals surface area contributed by atoms with Crippen molar-refractivity contribution >= 4 is 28.8 Å². The van der Waals surface area contributed by atoms with Crippen molar-refractivity contribution in [2.75, 3.05) is 11.1 Å². The van der Waals surface area contributed by atoms with Crippen LogP contribution < -0.4 is 11.1 Å². The van der Waals surface area contributed by atoms with E-state index in [1.165, 1.54) is 12.3 Å². The van der Waals surface area contributed by atoms with Gasteiger partial charge in [-0.05, 0) is 26.8 Å². The van der Waals surface area contributed by atoms with Gasteiger partial charge in [-0.25, -0.2) is 14.8 Å². The summed E-state index contributed by atoms with van der Waals surface area (Å²) in [7, 11) is 0. The highest BCUT2D eigenvalue weighted by Gasteiger charge is 2.15. The van der Waals surface area contributed by atoms with Gasteiger partial charge in [0.15, 0.2) is 0 Å². The zero-order chi connectivity index (χ0) is 14.9. The highest BCUT2D eigenvalue weighted by atomic mass is 32.1. The number of carboxylic acid groups (broad SMARTS) is 1. The number of anilines is 2. The van der Waals surface area contributed by atoms with Crippen LogP contribution in [0.5, 0.6) is 0 Å². The molecule has 0 fully saturated rings. The number of carboxylic acids is 1. The molecule has 2 aromatic heterocycles. The lowest BCUT2D eigenvalue weighted by Gasteiger charge is -2.15. The number of rotatable bonds is 4. The minimum atomic E-state index is -1.04. The van der Waals surface area contributed by atoms with Crippen molar-refractivity contribution in [3.8, 4) is 0 Å². The number of hydrogen-bond acceptors (Lipinski definition) is 6. The predicted molar refractivity (Wildman–Crippen MR) is 79.2 cm³/mol. The van der Waals surface area contributed by atoms with Crippen molar-refractivity contribution in [2.24, 2.45) is 0 Å². The van der Waals surface area contributed by atoms with Crippen LogP contribution in [0.2, 0.25) is 0 Å². The molecule has 0 saturated carbocycles. The number of aromatic carboxylic acids is 1. The lowest BCUT2D eigenvalue weighted by atomic mass is 10.2. The highest BCUT2D eigenvalue weighted by Crippen LogP contribution is 2.28. The number of nitrogens with one attached hydrogen (secondary N) is 1. The zero-order valence-corrected chi connectivity index (χ0v) is 12.3. The standard InChI is InChI=1S/C13H16N4O2S/c1-6-11(20-8(3)16-6)7(2)17-12-10(14)4-9(5-15-12)13(18)19/h4-5,7H,14H2,1-3H3,(H,15,17)(H,18,19). The average Bonchev–Trinajstić information content (AvgIpc) is 2.70. The van der Waals surface area contributed by atoms with Gasteiger partial charge in [-0.2, -0.15) is 0 Å². The molecule has 0 aliphatic rings. The molecular weight excluding hydrogens is 276 g/mol. The van der Waals surface area contributed by atoms with Crippen LogP contribution in [-0.4, -0.2) is 21.0 Å². The van der Waals surface area contributed by atoms with E-state index in [1.807, 2.05) is 20.8 Å². The maximum Gasteiger partial charge on any atom is 0.337 e. The lowest BCUT2D eigenvalue weighted by molar-refractivity contribution is 0.0696. The third-order valence-corrected chi connectivity index (χ3v) is 4.11. The third kappa shape index (κ3) is 2.88. The van der Waals surface area contributed by atoms with Gasteiger partial charge in [0.1, 0.15) is 5.82 Å². The number of nitrogens with zero attached hydrogens (tertiary/aromatic N) is 2. The largest absolute Gasteiger partial charge is 0.478 e. The van der Waals surface area contributed by atoms with Gasteiger partial charge in [0, 0.05) is 11.1 Å². The van der Waals surface area contributed by atoms with Crippen molar-refractivity contribution in [1.29, 1.82) is 0 Å². The number of nitrogen functional groups attached to an aromatic ring is 1. The summed E-state index contributed by atoms with van der Waals surface area (Å²) in [5, 5.41) is 13.1. The molecule has 2 heterocycles. The van der Waals surface area contributed by atoms with Gasteiger partial charge >= 0.3 is 5.97 Å². The van der Waals surface area contributed by atoms with Crippen molar-refractivity contribution in [2.45, 2.75) is 26.8 Å². The van der Waals surface area contributed by atoms with E-state index in [-0.39, 0.29) is 11.6 Å². The van der Waals surface area contributed by atoms with E-state index in [2.05, 4.69) is 15.3 Å². The Balaban J connectivity index is 2.22. The molecule has 4 N–H and O–H groups in total. The van der Waals surface area contributed by atoms with Gasteiger partial charge in [0.05, 0.1) is 28.0 Å². The summed E-state index contributed by atoms with van der Waals surface area (Å²) in [6.07, 6.45) is 1.29. The lowest BCUT2D eigenvalue weighted by Crippen LogP contribution is -2.11. The molecule has 0 saturated heterocycles. The Morgan fingerprint density at radius 2 is 2.20 bits per heavy atom. The van der Waals surface area contributed by atoms with Crippen LogP contribution in [0.4, 0.5) is 11.5 Å². The molecule has 20 heavy (non-hydrogen) atoms. The molecule has 1 atom stereocenters. The molecular formula is C13H16N4O2S. The molecule has 0 amide bonds. The van der Waals surface area contributed by atoms with Gasteiger partial charge in [-0.1, -0.05) is 0 Å². The number of nitrogens with two attached hydrogens (primary N) is 1. The van der Waals surface area contributed by atoms with Crippen LogP contribution in [0.15, 0.2) is 12.3 Å². The van der Waals surface area contributed by atoms with E-state index < -0.39 is 5.97 Å². The first-order chi connectivity index (χ1) is 9.38. The van der Waals surface area contributed by atoms with Crippen LogP contribution >= 0.6 is 11.3 Å². The van der Waals surface area contributed by atoms with E-state index in [0.717, 1.165) is 15.6 Å². The number of pyridine rings is 1. The van der Waals surface area contributed by atoms with Crippen molar-refractivity contribution in [3.05, 3.63) is 33.4 Å². The first kappa shape index (κ1) is 14.3. The first-order valence-corrected chi connectivity index (χ1v) is 6.89.